The van der Waals surface area contributed by atoms with Gasteiger partial charge in [-0.1, -0.05) is 129 Å². The normalized spacial score (nSPS) is 11.2. The van der Waals surface area contributed by atoms with Gasteiger partial charge >= 0.3 is 0 Å². The van der Waals surface area contributed by atoms with E-state index in [0.29, 0.717) is 0 Å². The molecule has 145 valence electrons. The molecular weight excluding hydrogens is 292 g/mol. The molecule has 0 amide bonds. The van der Waals surface area contributed by atoms with Gasteiger partial charge in [0.25, 0.3) is 0 Å². The van der Waals surface area contributed by atoms with Gasteiger partial charge in [0.2, 0.25) is 0 Å². The summed E-state index contributed by atoms with van der Waals surface area (Å²) in [5.74, 6) is 0. The van der Waals surface area contributed by atoms with Crippen molar-refractivity contribution >= 4 is 0 Å². The van der Waals surface area contributed by atoms with Crippen LogP contribution in [0.25, 0.3) is 0 Å². The van der Waals surface area contributed by atoms with Gasteiger partial charge in [-0.2, -0.15) is 0 Å². The summed E-state index contributed by atoms with van der Waals surface area (Å²) in [6.45, 7) is 4.22. The molecule has 0 aromatic rings. The number of methoxy groups -OCH3 is 1. The first-order valence-corrected chi connectivity index (χ1v) is 11.3. The third-order valence-corrected chi connectivity index (χ3v) is 5.09. The lowest BCUT2D eigenvalue weighted by molar-refractivity contribution is 0.262. The minimum Gasteiger partial charge on any atom is -0.379 e. The van der Waals surface area contributed by atoms with Crippen molar-refractivity contribution < 1.29 is 4.74 Å². The van der Waals surface area contributed by atoms with Crippen LogP contribution in [0.1, 0.15) is 135 Å². The molecule has 0 bridgehead atoms. The fourth-order valence-electron chi connectivity index (χ4n) is 3.42. The number of rotatable bonds is 21. The van der Waals surface area contributed by atoms with Crippen molar-refractivity contribution in [1.82, 2.24) is 0 Å². The maximum atomic E-state index is 4.95. The molecule has 0 aliphatic heterocycles. The molecule has 0 fully saturated rings. The van der Waals surface area contributed by atoms with Gasteiger partial charge in [0.1, 0.15) is 0 Å². The van der Waals surface area contributed by atoms with Gasteiger partial charge in [0.05, 0.1) is 6.61 Å². The molecule has 0 aromatic heterocycles. The summed E-state index contributed by atoms with van der Waals surface area (Å²) in [6, 6.07) is 0. The van der Waals surface area contributed by atoms with E-state index in [0.717, 1.165) is 6.42 Å². The second-order valence-corrected chi connectivity index (χ2v) is 7.56. The first-order valence-electron chi connectivity index (χ1n) is 11.3. The maximum Gasteiger partial charge on any atom is 0.0832 e. The van der Waals surface area contributed by atoms with Crippen molar-refractivity contribution in [2.45, 2.75) is 135 Å². The van der Waals surface area contributed by atoms with Gasteiger partial charge in [0.15, 0.2) is 0 Å². The van der Waals surface area contributed by atoms with Crippen LogP contribution in [-0.4, -0.2) is 7.11 Å². The van der Waals surface area contributed by atoms with Gasteiger partial charge in [-0.25, -0.2) is 0 Å². The van der Waals surface area contributed by atoms with Crippen molar-refractivity contribution in [2.75, 3.05) is 7.11 Å². The molecule has 0 heterocycles. The maximum absolute atomic E-state index is 4.95. The minimum atomic E-state index is 1.12. The van der Waals surface area contributed by atoms with Crippen LogP contribution in [0.3, 0.4) is 0 Å². The number of ether oxygens (including phenoxy) is 1. The molecule has 0 aromatic carbocycles. The fourth-order valence-corrected chi connectivity index (χ4v) is 3.42. The largest absolute Gasteiger partial charge is 0.379 e. The van der Waals surface area contributed by atoms with Crippen LogP contribution in [0, 0.1) is 6.61 Å². The quantitative estimate of drug-likeness (QED) is 0.190. The summed E-state index contributed by atoms with van der Waals surface area (Å²) in [5, 5.41) is 0. The highest BCUT2D eigenvalue weighted by atomic mass is 16.5. The summed E-state index contributed by atoms with van der Waals surface area (Å²) in [6.07, 6.45) is 28.6. The van der Waals surface area contributed by atoms with Crippen LogP contribution in [0.2, 0.25) is 0 Å². The summed E-state index contributed by atoms with van der Waals surface area (Å²) in [5.41, 5.74) is 0. The monoisotopic (exact) mass is 339 g/mol. The van der Waals surface area contributed by atoms with Crippen molar-refractivity contribution in [2.24, 2.45) is 0 Å². The molecule has 0 unspecified atom stereocenters. The molecule has 0 atom stereocenters. The molecule has 1 radical (unpaired) electrons. The molecule has 1 nitrogen and oxygen atoms in total. The van der Waals surface area contributed by atoms with E-state index in [1.54, 1.807) is 7.11 Å². The zero-order valence-corrected chi connectivity index (χ0v) is 17.1. The molecule has 1 heteroatoms. The van der Waals surface area contributed by atoms with Crippen LogP contribution < -0.4 is 0 Å². The van der Waals surface area contributed by atoms with Crippen molar-refractivity contribution in [1.29, 1.82) is 0 Å². The Labute approximate surface area is 154 Å². The Morgan fingerprint density at radius 2 is 0.750 bits per heavy atom. The van der Waals surface area contributed by atoms with E-state index < -0.39 is 0 Å². The molecule has 24 heavy (non-hydrogen) atoms. The predicted molar refractivity (Wildman–Crippen MR) is 109 cm³/mol. The predicted octanol–water partition coefficient (Wildman–Crippen LogP) is 8.62. The van der Waals surface area contributed by atoms with E-state index in [9.17, 15) is 0 Å². The zero-order chi connectivity index (χ0) is 17.6. The van der Waals surface area contributed by atoms with Crippen LogP contribution in [0.5, 0.6) is 0 Å². The Morgan fingerprint density at radius 3 is 1.04 bits per heavy atom. The van der Waals surface area contributed by atoms with Crippen LogP contribution in [0.15, 0.2) is 0 Å². The molecule has 0 N–H and O–H groups in total. The molecule has 0 saturated carbocycles. The molecule has 0 aliphatic rings. The van der Waals surface area contributed by atoms with Crippen LogP contribution >= 0.6 is 0 Å². The highest BCUT2D eigenvalue weighted by Crippen LogP contribution is 2.14. The molecular formula is C23H47O. The van der Waals surface area contributed by atoms with Crippen molar-refractivity contribution in [3.05, 3.63) is 6.61 Å². The topological polar surface area (TPSA) is 9.23 Å². The summed E-state index contributed by atoms with van der Waals surface area (Å²) in [4.78, 5) is 0. The average molecular weight is 340 g/mol. The van der Waals surface area contributed by atoms with Gasteiger partial charge in [-0.05, 0) is 6.42 Å². The highest BCUT2D eigenvalue weighted by molar-refractivity contribution is 4.52. The van der Waals surface area contributed by atoms with E-state index in [4.69, 9.17) is 4.74 Å². The second kappa shape index (κ2) is 23.0. The van der Waals surface area contributed by atoms with E-state index in [-0.39, 0.29) is 0 Å². The van der Waals surface area contributed by atoms with Gasteiger partial charge < -0.3 is 4.74 Å². The lowest BCUT2D eigenvalue weighted by Crippen LogP contribution is -1.84. The lowest BCUT2D eigenvalue weighted by Gasteiger charge is -2.04. The van der Waals surface area contributed by atoms with E-state index >= 15 is 0 Å². The Bertz CT molecular complexity index is 180. The molecule has 0 rings (SSSR count). The van der Waals surface area contributed by atoms with Gasteiger partial charge in [-0.3, -0.25) is 0 Å². The number of hydrogen-bond donors (Lipinski definition) is 0. The smallest absolute Gasteiger partial charge is 0.0832 e. The Hall–Kier alpha value is -0.0400. The molecule has 0 spiro atoms. The Kier molecular flexibility index (Phi) is 22.9. The fraction of sp³-hybridized carbons (Fsp3) is 0.957. The van der Waals surface area contributed by atoms with Crippen molar-refractivity contribution in [3.63, 3.8) is 0 Å². The first-order chi connectivity index (χ1) is 11.9. The standard InChI is InChI=1S/C23H47O/c1-3-4-5-6-7-8-9-10-11-12-13-14-15-16-17-18-19-20-21-22-23-24-2/h23H,3-22H2,1-2H3. The third-order valence-electron chi connectivity index (χ3n) is 5.09. The Morgan fingerprint density at radius 1 is 0.458 bits per heavy atom. The third kappa shape index (κ3) is 22.0. The summed E-state index contributed by atoms with van der Waals surface area (Å²) < 4.78 is 4.95. The zero-order valence-electron chi connectivity index (χ0n) is 17.1. The minimum absolute atomic E-state index is 1.12. The van der Waals surface area contributed by atoms with Crippen LogP contribution in [-0.2, 0) is 4.74 Å². The molecule has 0 saturated heterocycles. The van der Waals surface area contributed by atoms with E-state index in [1.807, 2.05) is 6.61 Å². The highest BCUT2D eigenvalue weighted by Gasteiger charge is 1.95. The van der Waals surface area contributed by atoms with Crippen LogP contribution in [0.4, 0.5) is 0 Å². The number of unbranched alkanes of at least 4 members (excludes halogenated alkanes) is 19. The first kappa shape index (κ1) is 24.0. The second-order valence-electron chi connectivity index (χ2n) is 7.56. The average Bonchev–Trinajstić information content (AvgIpc) is 2.60. The van der Waals surface area contributed by atoms with Gasteiger partial charge in [-0.15, -0.1) is 0 Å². The Balaban J connectivity index is 2.93. The summed E-state index contributed by atoms with van der Waals surface area (Å²) in [7, 11) is 1.75. The summed E-state index contributed by atoms with van der Waals surface area (Å²) >= 11 is 0. The van der Waals surface area contributed by atoms with E-state index in [1.165, 1.54) is 122 Å². The van der Waals surface area contributed by atoms with E-state index in [2.05, 4.69) is 6.92 Å². The SMILES string of the molecule is CCCCCCCCCCCCCCCCCCCCC[CH]OC. The lowest BCUT2D eigenvalue weighted by atomic mass is 10.0. The number of hydrogen-bond acceptors (Lipinski definition) is 1. The van der Waals surface area contributed by atoms with Gasteiger partial charge in [0, 0.05) is 7.11 Å². The molecule has 0 aliphatic carbocycles. The van der Waals surface area contributed by atoms with Crippen molar-refractivity contribution in [3.8, 4) is 0 Å².